The summed E-state index contributed by atoms with van der Waals surface area (Å²) in [6.07, 6.45) is 5.38. The van der Waals surface area contributed by atoms with Crippen molar-refractivity contribution in [1.82, 2.24) is 4.98 Å². The molecule has 112 valence electrons. The molecule has 1 aromatic heterocycles. The second kappa shape index (κ2) is 6.91. The van der Waals surface area contributed by atoms with E-state index < -0.39 is 0 Å². The summed E-state index contributed by atoms with van der Waals surface area (Å²) in [7, 11) is 0. The van der Waals surface area contributed by atoms with Gasteiger partial charge in [-0.2, -0.15) is 0 Å². The zero-order valence-corrected chi connectivity index (χ0v) is 13.2. The van der Waals surface area contributed by atoms with Crippen molar-refractivity contribution in [3.8, 4) is 23.5 Å². The van der Waals surface area contributed by atoms with Gasteiger partial charge in [-0.1, -0.05) is 36.3 Å². The van der Waals surface area contributed by atoms with Gasteiger partial charge in [-0.15, -0.1) is 6.42 Å². The lowest BCUT2D eigenvalue weighted by Crippen LogP contribution is -1.94. The Morgan fingerprint density at radius 3 is 2.17 bits per heavy atom. The maximum atomic E-state index is 5.66. The van der Waals surface area contributed by atoms with Crippen LogP contribution in [0.4, 0.5) is 11.6 Å². The molecule has 0 aliphatic heterocycles. The van der Waals surface area contributed by atoms with Crippen molar-refractivity contribution < 1.29 is 0 Å². The monoisotopic (exact) mass is 317 g/mol. The van der Waals surface area contributed by atoms with E-state index in [9.17, 15) is 0 Å². The molecule has 0 bridgehead atoms. The van der Waals surface area contributed by atoms with Crippen LogP contribution in [0.2, 0.25) is 0 Å². The van der Waals surface area contributed by atoms with E-state index in [2.05, 4.69) is 39.9 Å². The van der Waals surface area contributed by atoms with Crippen LogP contribution in [0.1, 0.15) is 5.56 Å². The van der Waals surface area contributed by atoms with E-state index in [1.54, 1.807) is 6.07 Å². The van der Waals surface area contributed by atoms with Crippen LogP contribution < -0.4 is 10.5 Å². The van der Waals surface area contributed by atoms with Gasteiger partial charge < -0.3 is 10.5 Å². The van der Waals surface area contributed by atoms with E-state index in [0.717, 1.165) is 27.4 Å². The van der Waals surface area contributed by atoms with Crippen LogP contribution in [0.25, 0.3) is 11.1 Å². The molecule has 0 aliphatic rings. The van der Waals surface area contributed by atoms with Crippen molar-refractivity contribution in [1.29, 1.82) is 0 Å². The normalized spacial score (nSPS) is 10.0. The minimum atomic E-state index is 0.501. The molecule has 3 rings (SSSR count). The van der Waals surface area contributed by atoms with Crippen LogP contribution in [0.15, 0.2) is 71.6 Å². The van der Waals surface area contributed by atoms with E-state index in [1.807, 2.05) is 36.4 Å². The van der Waals surface area contributed by atoms with Gasteiger partial charge in [0.25, 0.3) is 0 Å². The number of rotatable bonds is 4. The first-order valence-corrected chi connectivity index (χ1v) is 7.89. The molecule has 23 heavy (non-hydrogen) atoms. The van der Waals surface area contributed by atoms with Gasteiger partial charge in [-0.3, -0.25) is 0 Å². The lowest BCUT2D eigenvalue weighted by Gasteiger charge is -2.07. The van der Waals surface area contributed by atoms with Gasteiger partial charge in [-0.05, 0) is 59.5 Å². The highest BCUT2D eigenvalue weighted by Gasteiger charge is 2.00. The summed E-state index contributed by atoms with van der Waals surface area (Å²) in [5.74, 6) is 3.87. The van der Waals surface area contributed by atoms with Gasteiger partial charge >= 0.3 is 0 Å². The van der Waals surface area contributed by atoms with Gasteiger partial charge in [0, 0.05) is 10.5 Å². The second-order valence-corrected chi connectivity index (χ2v) is 5.78. The van der Waals surface area contributed by atoms with Crippen LogP contribution in [0.3, 0.4) is 0 Å². The number of nitrogens with zero attached hydrogens (tertiary/aromatic N) is 1. The largest absolute Gasteiger partial charge is 0.384 e. The molecule has 0 atom stereocenters. The van der Waals surface area contributed by atoms with Crippen LogP contribution >= 0.6 is 11.9 Å². The molecule has 1 heterocycles. The van der Waals surface area contributed by atoms with Gasteiger partial charge in [0.15, 0.2) is 0 Å². The van der Waals surface area contributed by atoms with Crippen molar-refractivity contribution in [2.75, 3.05) is 10.5 Å². The predicted molar refractivity (Wildman–Crippen MR) is 97.9 cm³/mol. The van der Waals surface area contributed by atoms with E-state index >= 15 is 0 Å². The average molecular weight is 317 g/mol. The number of aromatic nitrogens is 1. The Kier molecular flexibility index (Phi) is 4.51. The molecule has 3 nitrogen and oxygen atoms in total. The molecule has 2 aromatic carbocycles. The molecular weight excluding hydrogens is 302 g/mol. The minimum Gasteiger partial charge on any atom is -0.384 e. The Balaban J connectivity index is 1.68. The number of anilines is 2. The summed E-state index contributed by atoms with van der Waals surface area (Å²) in [6.45, 7) is 0. The summed E-state index contributed by atoms with van der Waals surface area (Å²) in [5, 5.41) is 0. The molecule has 3 aromatic rings. The summed E-state index contributed by atoms with van der Waals surface area (Å²) >= 11 is 1.50. The number of hydrogen-bond acceptors (Lipinski definition) is 4. The number of benzene rings is 2. The number of hydrogen-bond donors (Lipinski definition) is 2. The minimum absolute atomic E-state index is 0.501. The van der Waals surface area contributed by atoms with Gasteiger partial charge in [0.2, 0.25) is 0 Å². The first-order valence-electron chi connectivity index (χ1n) is 7.07. The van der Waals surface area contributed by atoms with Gasteiger partial charge in [-0.25, -0.2) is 4.98 Å². The first kappa shape index (κ1) is 15.0. The van der Waals surface area contributed by atoms with Crippen molar-refractivity contribution >= 4 is 23.6 Å². The molecular formula is C19H15N3S. The fraction of sp³-hybridized carbons (Fsp3) is 0. The molecule has 3 N–H and O–H groups in total. The Labute approximate surface area is 140 Å². The summed E-state index contributed by atoms with van der Waals surface area (Å²) in [4.78, 5) is 5.29. The molecule has 0 saturated heterocycles. The highest BCUT2D eigenvalue weighted by atomic mass is 32.2. The summed E-state index contributed by atoms with van der Waals surface area (Å²) in [6, 6.07) is 21.8. The molecule has 0 radical (unpaired) electrons. The van der Waals surface area contributed by atoms with Crippen molar-refractivity contribution in [2.45, 2.75) is 4.90 Å². The Morgan fingerprint density at radius 1 is 0.913 bits per heavy atom. The quantitative estimate of drug-likeness (QED) is 0.552. The third-order valence-electron chi connectivity index (χ3n) is 3.28. The number of nitrogens with two attached hydrogens (primary N) is 1. The molecule has 0 fully saturated rings. The molecule has 0 unspecified atom stereocenters. The van der Waals surface area contributed by atoms with Crippen LogP contribution in [-0.2, 0) is 0 Å². The number of pyridine rings is 1. The second-order valence-electron chi connectivity index (χ2n) is 4.90. The molecule has 0 amide bonds. The van der Waals surface area contributed by atoms with Crippen LogP contribution in [0.5, 0.6) is 0 Å². The van der Waals surface area contributed by atoms with E-state index in [1.165, 1.54) is 11.9 Å². The summed E-state index contributed by atoms with van der Waals surface area (Å²) < 4.78 is 3.18. The van der Waals surface area contributed by atoms with Gasteiger partial charge in [0.05, 0.1) is 0 Å². The van der Waals surface area contributed by atoms with Crippen molar-refractivity contribution in [3.63, 3.8) is 0 Å². The topological polar surface area (TPSA) is 50.9 Å². The number of terminal acetylenes is 1. The molecule has 0 saturated carbocycles. The maximum absolute atomic E-state index is 5.66. The van der Waals surface area contributed by atoms with Crippen molar-refractivity contribution in [3.05, 3.63) is 72.3 Å². The lowest BCUT2D eigenvalue weighted by atomic mass is 10.0. The van der Waals surface area contributed by atoms with E-state index in [4.69, 9.17) is 12.2 Å². The molecule has 4 heteroatoms. The Hall–Kier alpha value is -2.90. The van der Waals surface area contributed by atoms with Crippen LogP contribution in [0, 0.1) is 12.3 Å². The maximum Gasteiger partial charge on any atom is 0.138 e. The lowest BCUT2D eigenvalue weighted by molar-refractivity contribution is 1.34. The Morgan fingerprint density at radius 2 is 1.57 bits per heavy atom. The highest BCUT2D eigenvalue weighted by Crippen LogP contribution is 2.25. The summed E-state index contributed by atoms with van der Waals surface area (Å²) in [5.41, 5.74) is 8.85. The van der Waals surface area contributed by atoms with Crippen molar-refractivity contribution in [2.24, 2.45) is 0 Å². The number of nitrogen functional groups attached to an aromatic ring is 1. The third kappa shape index (κ3) is 3.85. The SMILES string of the molecule is C#Cc1ccc(-c2ccc(SNc3cccc(N)n3)cc2)cc1. The number of nitrogens with one attached hydrogen (secondary N) is 1. The zero-order chi connectivity index (χ0) is 16.1. The van der Waals surface area contributed by atoms with E-state index in [-0.39, 0.29) is 0 Å². The molecule has 0 spiro atoms. The smallest absolute Gasteiger partial charge is 0.138 e. The standard InChI is InChI=1S/C19H15N3S/c1-2-14-6-8-15(9-7-14)16-10-12-17(13-11-16)23-22-19-5-3-4-18(20)21-19/h1,3-13H,(H3,20,21,22). The predicted octanol–water partition coefficient (Wildman–Crippen LogP) is 4.43. The zero-order valence-electron chi connectivity index (χ0n) is 12.4. The Bertz CT molecular complexity index is 834. The average Bonchev–Trinajstić information content (AvgIpc) is 2.61. The molecule has 0 aliphatic carbocycles. The first-order chi connectivity index (χ1) is 11.2. The van der Waals surface area contributed by atoms with Crippen LogP contribution in [-0.4, -0.2) is 4.98 Å². The highest BCUT2D eigenvalue weighted by molar-refractivity contribution is 8.00. The van der Waals surface area contributed by atoms with Gasteiger partial charge in [0.1, 0.15) is 11.6 Å². The fourth-order valence-corrected chi connectivity index (χ4v) is 2.70. The third-order valence-corrected chi connectivity index (χ3v) is 4.10. The van der Waals surface area contributed by atoms with E-state index in [0.29, 0.717) is 5.82 Å². The fourth-order valence-electron chi connectivity index (χ4n) is 2.09.